The summed E-state index contributed by atoms with van der Waals surface area (Å²) >= 11 is 0. The Morgan fingerprint density at radius 3 is 2.50 bits per heavy atom. The number of rotatable bonds is 4. The highest BCUT2D eigenvalue weighted by Crippen LogP contribution is 2.06. The molecule has 76 valence electrons. The Morgan fingerprint density at radius 2 is 2.00 bits per heavy atom. The van der Waals surface area contributed by atoms with E-state index in [1.807, 2.05) is 31.2 Å². The monoisotopic (exact) mass is 193 g/mol. The maximum absolute atomic E-state index is 10.4. The lowest BCUT2D eigenvalue weighted by atomic mass is 10.0. The number of carboxylic acids is 1. The largest absolute Gasteiger partial charge is 0.480 e. The number of hydrogen-bond donors (Lipinski definition) is 2. The Balaban J connectivity index is 2.46. The molecule has 1 rings (SSSR count). The molecule has 3 N–H and O–H groups in total. The molecule has 0 saturated carbocycles. The number of carboxylic acid groups (broad SMARTS) is 1. The van der Waals surface area contributed by atoms with Crippen molar-refractivity contribution in [1.82, 2.24) is 0 Å². The highest BCUT2D eigenvalue weighted by molar-refractivity contribution is 5.73. The van der Waals surface area contributed by atoms with Gasteiger partial charge in [0.2, 0.25) is 0 Å². The number of aryl methyl sites for hydroxylation is 2. The Bertz CT molecular complexity index is 306. The Kier molecular flexibility index (Phi) is 3.65. The average molecular weight is 193 g/mol. The molecule has 0 saturated heterocycles. The first-order valence-electron chi connectivity index (χ1n) is 4.63. The Labute approximate surface area is 83.6 Å². The normalized spacial score (nSPS) is 12.4. The first-order chi connectivity index (χ1) is 6.59. The van der Waals surface area contributed by atoms with Gasteiger partial charge in [-0.25, -0.2) is 0 Å². The zero-order valence-electron chi connectivity index (χ0n) is 8.23. The van der Waals surface area contributed by atoms with E-state index in [0.717, 1.165) is 5.56 Å². The molecule has 0 aliphatic heterocycles. The van der Waals surface area contributed by atoms with Crippen molar-refractivity contribution in [2.75, 3.05) is 0 Å². The van der Waals surface area contributed by atoms with Crippen molar-refractivity contribution in [3.63, 3.8) is 0 Å². The van der Waals surface area contributed by atoms with E-state index in [9.17, 15) is 4.79 Å². The fraction of sp³-hybridized carbons (Fsp3) is 0.364. The second-order valence-electron chi connectivity index (χ2n) is 3.47. The van der Waals surface area contributed by atoms with Crippen molar-refractivity contribution in [2.45, 2.75) is 25.8 Å². The van der Waals surface area contributed by atoms with Gasteiger partial charge in [0.1, 0.15) is 6.04 Å². The van der Waals surface area contributed by atoms with Crippen LogP contribution in [0.4, 0.5) is 0 Å². The molecule has 3 nitrogen and oxygen atoms in total. The van der Waals surface area contributed by atoms with Gasteiger partial charge in [-0.1, -0.05) is 29.8 Å². The highest BCUT2D eigenvalue weighted by Gasteiger charge is 2.10. The van der Waals surface area contributed by atoms with Gasteiger partial charge in [-0.15, -0.1) is 0 Å². The SMILES string of the molecule is Cc1ccc(CC[C@@H](N)C(=O)O)cc1. The van der Waals surface area contributed by atoms with E-state index in [1.54, 1.807) is 0 Å². The first kappa shape index (κ1) is 10.7. The van der Waals surface area contributed by atoms with Gasteiger partial charge in [0, 0.05) is 0 Å². The Morgan fingerprint density at radius 1 is 1.43 bits per heavy atom. The van der Waals surface area contributed by atoms with Crippen LogP contribution in [-0.4, -0.2) is 17.1 Å². The summed E-state index contributed by atoms with van der Waals surface area (Å²) in [5.41, 5.74) is 7.73. The molecule has 1 aromatic carbocycles. The molecular weight excluding hydrogens is 178 g/mol. The third kappa shape index (κ3) is 3.18. The predicted octanol–water partition coefficient (Wildman–Crippen LogP) is 1.34. The molecule has 1 aromatic rings. The lowest BCUT2D eigenvalue weighted by Gasteiger charge is -2.06. The summed E-state index contributed by atoms with van der Waals surface area (Å²) in [5, 5.41) is 8.58. The topological polar surface area (TPSA) is 63.3 Å². The van der Waals surface area contributed by atoms with Crippen LogP contribution in [0, 0.1) is 6.92 Å². The van der Waals surface area contributed by atoms with Crippen LogP contribution in [-0.2, 0) is 11.2 Å². The predicted molar refractivity (Wildman–Crippen MR) is 55.1 cm³/mol. The van der Waals surface area contributed by atoms with Gasteiger partial charge in [-0.3, -0.25) is 4.79 Å². The molecule has 0 aromatic heterocycles. The van der Waals surface area contributed by atoms with E-state index in [2.05, 4.69) is 0 Å². The minimum atomic E-state index is -0.933. The molecule has 0 bridgehead atoms. The molecule has 0 fully saturated rings. The molecule has 3 heteroatoms. The van der Waals surface area contributed by atoms with Crippen molar-refractivity contribution < 1.29 is 9.90 Å². The quantitative estimate of drug-likeness (QED) is 0.758. The van der Waals surface area contributed by atoms with Crippen LogP contribution in [0.1, 0.15) is 17.5 Å². The standard InChI is InChI=1S/C11H15NO2/c1-8-2-4-9(5-3-8)6-7-10(12)11(13)14/h2-5,10H,6-7,12H2,1H3,(H,13,14)/t10-/m1/s1. The van der Waals surface area contributed by atoms with E-state index in [1.165, 1.54) is 5.56 Å². The minimum Gasteiger partial charge on any atom is -0.480 e. The summed E-state index contributed by atoms with van der Waals surface area (Å²) < 4.78 is 0. The average Bonchev–Trinajstić information content (AvgIpc) is 2.16. The van der Waals surface area contributed by atoms with Crippen LogP contribution < -0.4 is 5.73 Å². The second kappa shape index (κ2) is 4.77. The Hall–Kier alpha value is -1.35. The maximum Gasteiger partial charge on any atom is 0.320 e. The van der Waals surface area contributed by atoms with E-state index >= 15 is 0 Å². The maximum atomic E-state index is 10.4. The first-order valence-corrected chi connectivity index (χ1v) is 4.63. The zero-order valence-corrected chi connectivity index (χ0v) is 8.23. The summed E-state index contributed by atoms with van der Waals surface area (Å²) in [7, 11) is 0. The molecule has 14 heavy (non-hydrogen) atoms. The third-order valence-electron chi connectivity index (χ3n) is 2.18. The summed E-state index contributed by atoms with van der Waals surface area (Å²) in [6.07, 6.45) is 1.20. The van der Waals surface area contributed by atoms with Crippen molar-refractivity contribution in [3.05, 3.63) is 35.4 Å². The lowest BCUT2D eigenvalue weighted by Crippen LogP contribution is -2.30. The van der Waals surface area contributed by atoms with Crippen molar-refractivity contribution in [1.29, 1.82) is 0 Å². The van der Waals surface area contributed by atoms with Gasteiger partial charge in [0.25, 0.3) is 0 Å². The van der Waals surface area contributed by atoms with Crippen LogP contribution >= 0.6 is 0 Å². The van der Waals surface area contributed by atoms with Gasteiger partial charge in [0.15, 0.2) is 0 Å². The van der Waals surface area contributed by atoms with Gasteiger partial charge in [-0.05, 0) is 25.3 Å². The highest BCUT2D eigenvalue weighted by atomic mass is 16.4. The fourth-order valence-corrected chi connectivity index (χ4v) is 1.20. The minimum absolute atomic E-state index is 0.485. The van der Waals surface area contributed by atoms with Crippen LogP contribution in [0.2, 0.25) is 0 Å². The van der Waals surface area contributed by atoms with Crippen molar-refractivity contribution in [2.24, 2.45) is 5.73 Å². The molecular formula is C11H15NO2. The smallest absolute Gasteiger partial charge is 0.320 e. The molecule has 0 aliphatic rings. The van der Waals surface area contributed by atoms with Crippen molar-refractivity contribution >= 4 is 5.97 Å². The lowest BCUT2D eigenvalue weighted by molar-refractivity contribution is -0.138. The van der Waals surface area contributed by atoms with E-state index < -0.39 is 12.0 Å². The van der Waals surface area contributed by atoms with Gasteiger partial charge < -0.3 is 10.8 Å². The van der Waals surface area contributed by atoms with Crippen LogP contribution in [0.25, 0.3) is 0 Å². The molecule has 1 atom stereocenters. The third-order valence-corrected chi connectivity index (χ3v) is 2.18. The van der Waals surface area contributed by atoms with Crippen LogP contribution in [0.3, 0.4) is 0 Å². The number of aliphatic carboxylic acids is 1. The van der Waals surface area contributed by atoms with Gasteiger partial charge in [-0.2, -0.15) is 0 Å². The fourth-order valence-electron chi connectivity index (χ4n) is 1.20. The number of benzene rings is 1. The van der Waals surface area contributed by atoms with E-state index in [4.69, 9.17) is 10.8 Å². The zero-order chi connectivity index (χ0) is 10.6. The van der Waals surface area contributed by atoms with Crippen LogP contribution in [0.5, 0.6) is 0 Å². The summed E-state index contributed by atoms with van der Waals surface area (Å²) in [4.78, 5) is 10.4. The van der Waals surface area contributed by atoms with Crippen LogP contribution in [0.15, 0.2) is 24.3 Å². The molecule has 0 amide bonds. The molecule has 0 radical (unpaired) electrons. The molecule has 0 spiro atoms. The summed E-state index contributed by atoms with van der Waals surface area (Å²) in [5.74, 6) is -0.933. The van der Waals surface area contributed by atoms with Gasteiger partial charge in [0.05, 0.1) is 0 Å². The van der Waals surface area contributed by atoms with E-state index in [-0.39, 0.29) is 0 Å². The van der Waals surface area contributed by atoms with Crippen molar-refractivity contribution in [3.8, 4) is 0 Å². The van der Waals surface area contributed by atoms with E-state index in [0.29, 0.717) is 12.8 Å². The second-order valence-corrected chi connectivity index (χ2v) is 3.47. The summed E-state index contributed by atoms with van der Waals surface area (Å²) in [6.45, 7) is 2.02. The molecule has 0 unspecified atom stereocenters. The van der Waals surface area contributed by atoms with Gasteiger partial charge >= 0.3 is 5.97 Å². The molecule has 0 heterocycles. The molecule has 0 aliphatic carbocycles. The number of nitrogens with two attached hydrogens (primary N) is 1. The number of hydrogen-bond acceptors (Lipinski definition) is 2. The number of carbonyl (C=O) groups is 1. The summed E-state index contributed by atoms with van der Waals surface area (Å²) in [6, 6.07) is 7.29.